The van der Waals surface area contributed by atoms with Gasteiger partial charge in [0, 0.05) is 5.39 Å². The lowest BCUT2D eigenvalue weighted by Gasteiger charge is -1.99. The molecule has 0 fully saturated rings. The highest BCUT2D eigenvalue weighted by Crippen LogP contribution is 2.19. The largest absolute Gasteiger partial charge is 0.159 e. The molecule has 2 nitrogen and oxygen atoms in total. The molecule has 3 aromatic rings. The summed E-state index contributed by atoms with van der Waals surface area (Å²) in [7, 11) is 0. The van der Waals surface area contributed by atoms with Crippen molar-refractivity contribution in [3.63, 3.8) is 0 Å². The van der Waals surface area contributed by atoms with Crippen molar-refractivity contribution in [2.75, 3.05) is 0 Å². The highest BCUT2D eigenvalue weighted by molar-refractivity contribution is 5.96. The first-order valence-corrected chi connectivity index (χ1v) is 4.54. The molecule has 0 aliphatic heterocycles. The molecule has 1 heterocycles. The molecule has 0 aliphatic rings. The third-order valence-corrected chi connectivity index (χ3v) is 2.38. The van der Waals surface area contributed by atoms with Gasteiger partial charge < -0.3 is 0 Å². The molecule has 0 radical (unpaired) electrons. The lowest BCUT2D eigenvalue weighted by atomic mass is 10.1. The highest BCUT2D eigenvalue weighted by Gasteiger charge is 1.97. The number of halogens is 2. The van der Waals surface area contributed by atoms with Crippen molar-refractivity contribution in [1.29, 1.82) is 0 Å². The predicted octanol–water partition coefficient (Wildman–Crippen LogP) is 3.63. The van der Waals surface area contributed by atoms with Crippen LogP contribution >= 0.6 is 24.8 Å². The van der Waals surface area contributed by atoms with Gasteiger partial charge in [-0.25, -0.2) is 0 Å². The zero-order valence-electron chi connectivity index (χ0n) is 8.33. The molecule has 1 aromatic heterocycles. The smallest absolute Gasteiger partial charge is 0.0936 e. The third-order valence-electron chi connectivity index (χ3n) is 2.38. The lowest BCUT2D eigenvalue weighted by molar-refractivity contribution is 1.08. The minimum atomic E-state index is 0. The fraction of sp³-hybridized carbons (Fsp3) is 0. The van der Waals surface area contributed by atoms with Gasteiger partial charge in [-0.1, -0.05) is 24.3 Å². The van der Waals surface area contributed by atoms with Crippen molar-refractivity contribution >= 4 is 46.5 Å². The first-order valence-electron chi connectivity index (χ1n) is 4.54. The minimum absolute atomic E-state index is 0. The fourth-order valence-electron chi connectivity index (χ4n) is 1.68. The van der Waals surface area contributed by atoms with Crippen LogP contribution in [0.3, 0.4) is 0 Å². The maximum atomic E-state index is 4.08. The van der Waals surface area contributed by atoms with Crippen molar-refractivity contribution in [2.45, 2.75) is 0 Å². The predicted molar refractivity (Wildman–Crippen MR) is 71.5 cm³/mol. The molecule has 0 amide bonds. The van der Waals surface area contributed by atoms with E-state index in [4.69, 9.17) is 0 Å². The van der Waals surface area contributed by atoms with Gasteiger partial charge in [-0.2, -0.15) is 10.2 Å². The van der Waals surface area contributed by atoms with Gasteiger partial charge in [-0.05, 0) is 29.0 Å². The average Bonchev–Trinajstić information content (AvgIpc) is 2.26. The Labute approximate surface area is 106 Å². The fourth-order valence-corrected chi connectivity index (χ4v) is 1.68. The summed E-state index contributed by atoms with van der Waals surface area (Å²) in [4.78, 5) is 0. The summed E-state index contributed by atoms with van der Waals surface area (Å²) in [6.07, 6.45) is 1.72. The maximum absolute atomic E-state index is 4.08. The molecule has 0 saturated carbocycles. The van der Waals surface area contributed by atoms with Gasteiger partial charge in [0.15, 0.2) is 0 Å². The average molecular weight is 253 g/mol. The third kappa shape index (κ3) is 2.08. The monoisotopic (exact) mass is 252 g/mol. The van der Waals surface area contributed by atoms with E-state index in [1.807, 2.05) is 18.2 Å². The lowest BCUT2D eigenvalue weighted by Crippen LogP contribution is -1.82. The molecule has 0 saturated heterocycles. The highest BCUT2D eigenvalue weighted by atomic mass is 35.5. The number of hydrogen-bond acceptors (Lipinski definition) is 2. The van der Waals surface area contributed by atoms with Crippen LogP contribution in [0.1, 0.15) is 0 Å². The number of fused-ring (bicyclic) bond motifs is 2. The minimum Gasteiger partial charge on any atom is -0.159 e. The summed E-state index contributed by atoms with van der Waals surface area (Å²) < 4.78 is 0. The van der Waals surface area contributed by atoms with Gasteiger partial charge in [0.1, 0.15) is 0 Å². The van der Waals surface area contributed by atoms with Gasteiger partial charge in [0.25, 0.3) is 0 Å². The van der Waals surface area contributed by atoms with Crippen LogP contribution in [0.4, 0.5) is 0 Å². The van der Waals surface area contributed by atoms with Gasteiger partial charge in [0.05, 0.1) is 11.7 Å². The summed E-state index contributed by atoms with van der Waals surface area (Å²) in [6, 6.07) is 14.5. The zero-order valence-corrected chi connectivity index (χ0v) is 9.96. The van der Waals surface area contributed by atoms with E-state index in [2.05, 4.69) is 34.5 Å². The molecular weight excluding hydrogens is 243 g/mol. The topological polar surface area (TPSA) is 25.8 Å². The van der Waals surface area contributed by atoms with Crippen LogP contribution in [0.25, 0.3) is 21.7 Å². The maximum Gasteiger partial charge on any atom is 0.0936 e. The van der Waals surface area contributed by atoms with E-state index >= 15 is 0 Å². The first-order chi connectivity index (χ1) is 6.93. The van der Waals surface area contributed by atoms with Gasteiger partial charge >= 0.3 is 0 Å². The Morgan fingerprint density at radius 2 is 1.44 bits per heavy atom. The molecular formula is C12H10Cl2N2. The summed E-state index contributed by atoms with van der Waals surface area (Å²) in [5.41, 5.74) is 0.950. The quantitative estimate of drug-likeness (QED) is 0.572. The van der Waals surface area contributed by atoms with Crippen LogP contribution in [0.5, 0.6) is 0 Å². The number of hydrogen-bond donors (Lipinski definition) is 0. The van der Waals surface area contributed by atoms with E-state index in [1.54, 1.807) is 6.20 Å². The SMILES string of the molecule is Cl.Cl.c1ccc2cc3nnccc3cc2c1. The summed E-state index contributed by atoms with van der Waals surface area (Å²) >= 11 is 0. The van der Waals surface area contributed by atoms with E-state index in [1.165, 1.54) is 10.8 Å². The van der Waals surface area contributed by atoms with Crippen molar-refractivity contribution in [3.05, 3.63) is 48.7 Å². The molecule has 2 aromatic carbocycles. The Morgan fingerprint density at radius 3 is 2.19 bits per heavy atom. The Bertz CT molecular complexity index is 506. The van der Waals surface area contributed by atoms with Crippen molar-refractivity contribution < 1.29 is 0 Å². The molecule has 0 atom stereocenters. The Morgan fingerprint density at radius 1 is 0.750 bits per heavy atom. The molecule has 0 bridgehead atoms. The van der Waals surface area contributed by atoms with Crippen molar-refractivity contribution in [2.24, 2.45) is 0 Å². The molecule has 16 heavy (non-hydrogen) atoms. The molecule has 82 valence electrons. The number of rotatable bonds is 0. The van der Waals surface area contributed by atoms with E-state index in [-0.39, 0.29) is 24.8 Å². The second-order valence-electron chi connectivity index (χ2n) is 3.29. The normalized spacial score (nSPS) is 9.50. The molecule has 0 unspecified atom stereocenters. The van der Waals surface area contributed by atoms with E-state index in [9.17, 15) is 0 Å². The van der Waals surface area contributed by atoms with Crippen LogP contribution in [0.2, 0.25) is 0 Å². The summed E-state index contributed by atoms with van der Waals surface area (Å²) in [5.74, 6) is 0. The van der Waals surface area contributed by atoms with E-state index < -0.39 is 0 Å². The summed E-state index contributed by atoms with van der Waals surface area (Å²) in [6.45, 7) is 0. The van der Waals surface area contributed by atoms with Gasteiger partial charge in [-0.3, -0.25) is 0 Å². The Kier molecular flexibility index (Phi) is 4.05. The summed E-state index contributed by atoms with van der Waals surface area (Å²) in [5, 5.41) is 11.5. The number of nitrogens with zero attached hydrogens (tertiary/aromatic N) is 2. The van der Waals surface area contributed by atoms with Crippen LogP contribution < -0.4 is 0 Å². The Hall–Kier alpha value is -1.38. The number of benzene rings is 2. The van der Waals surface area contributed by atoms with Crippen molar-refractivity contribution in [1.82, 2.24) is 10.2 Å². The van der Waals surface area contributed by atoms with Crippen LogP contribution in [-0.4, -0.2) is 10.2 Å². The molecule has 0 N–H and O–H groups in total. The van der Waals surface area contributed by atoms with E-state index in [0.717, 1.165) is 10.9 Å². The zero-order chi connectivity index (χ0) is 9.38. The first kappa shape index (κ1) is 12.7. The van der Waals surface area contributed by atoms with Crippen molar-refractivity contribution in [3.8, 4) is 0 Å². The molecule has 3 rings (SSSR count). The van der Waals surface area contributed by atoms with Gasteiger partial charge in [-0.15, -0.1) is 24.8 Å². The molecule has 4 heteroatoms. The second kappa shape index (κ2) is 5.10. The molecule has 0 aliphatic carbocycles. The van der Waals surface area contributed by atoms with E-state index in [0.29, 0.717) is 0 Å². The number of aromatic nitrogens is 2. The second-order valence-corrected chi connectivity index (χ2v) is 3.29. The van der Waals surface area contributed by atoms with Crippen LogP contribution in [0, 0.1) is 0 Å². The Balaban J connectivity index is 0.000000640. The molecule has 0 spiro atoms. The van der Waals surface area contributed by atoms with Gasteiger partial charge in [0.2, 0.25) is 0 Å². The van der Waals surface area contributed by atoms with Crippen LogP contribution in [0.15, 0.2) is 48.7 Å². The standard InChI is InChI=1S/C12H8N2.2ClH/c1-2-4-10-8-12-11(5-6-13-14-12)7-9(10)3-1;;/h1-8H;2*1H. The van der Waals surface area contributed by atoms with Crippen LogP contribution in [-0.2, 0) is 0 Å².